The minimum atomic E-state index is -0.169. The van der Waals surface area contributed by atoms with E-state index in [0.29, 0.717) is 19.6 Å². The molecule has 3 saturated heterocycles. The van der Waals surface area contributed by atoms with Crippen LogP contribution >= 0.6 is 0 Å². The minimum Gasteiger partial charge on any atom is -0.361 e. The second-order valence-electron chi connectivity index (χ2n) is 7.78. The molecule has 3 amide bonds. The van der Waals surface area contributed by atoms with Gasteiger partial charge in [0.15, 0.2) is 0 Å². The first kappa shape index (κ1) is 19.4. The fourth-order valence-electron chi connectivity index (χ4n) is 3.95. The summed E-state index contributed by atoms with van der Waals surface area (Å²) in [4.78, 5) is 42.5. The van der Waals surface area contributed by atoms with Crippen molar-refractivity contribution in [2.24, 2.45) is 5.92 Å². The van der Waals surface area contributed by atoms with Gasteiger partial charge in [-0.05, 0) is 26.7 Å². The highest BCUT2D eigenvalue weighted by Crippen LogP contribution is 2.31. The van der Waals surface area contributed by atoms with E-state index in [2.05, 4.69) is 5.16 Å². The first-order valence-corrected chi connectivity index (χ1v) is 9.48. The molecule has 0 unspecified atom stereocenters. The van der Waals surface area contributed by atoms with Gasteiger partial charge >= 0.3 is 0 Å². The summed E-state index contributed by atoms with van der Waals surface area (Å²) < 4.78 is 5.23. The van der Waals surface area contributed by atoms with Crippen LogP contribution in [-0.2, 0) is 20.9 Å². The van der Waals surface area contributed by atoms with E-state index in [0.717, 1.165) is 29.9 Å². The number of amides is 3. The summed E-state index contributed by atoms with van der Waals surface area (Å²) in [5.41, 5.74) is 1.75. The lowest BCUT2D eigenvalue weighted by molar-refractivity contribution is -0.140. The molecule has 0 aromatic carbocycles. The number of aromatic nitrogens is 1. The van der Waals surface area contributed by atoms with Crippen LogP contribution < -0.4 is 0 Å². The van der Waals surface area contributed by atoms with E-state index in [-0.39, 0.29) is 42.5 Å². The number of rotatable bonds is 5. The van der Waals surface area contributed by atoms with Crippen molar-refractivity contribution in [2.45, 2.75) is 52.1 Å². The van der Waals surface area contributed by atoms with Crippen LogP contribution in [-0.4, -0.2) is 70.8 Å². The molecule has 2 bridgehead atoms. The average Bonchev–Trinajstić information content (AvgIpc) is 2.81. The average molecular weight is 376 g/mol. The van der Waals surface area contributed by atoms with E-state index in [1.165, 1.54) is 4.90 Å². The third-order valence-electron chi connectivity index (χ3n) is 5.71. The fourth-order valence-corrected chi connectivity index (χ4v) is 3.95. The number of piperidine rings is 1. The summed E-state index contributed by atoms with van der Waals surface area (Å²) in [6, 6.07) is -0.00143. The van der Waals surface area contributed by atoms with Gasteiger partial charge in [-0.2, -0.15) is 0 Å². The normalized spacial score (nSPS) is 22.1. The Hall–Kier alpha value is -2.38. The molecular formula is C19H28N4O4. The molecule has 3 aliphatic heterocycles. The molecule has 4 heterocycles. The monoisotopic (exact) mass is 376 g/mol. The second-order valence-corrected chi connectivity index (χ2v) is 7.78. The Kier molecular flexibility index (Phi) is 5.53. The molecule has 1 aromatic rings. The summed E-state index contributed by atoms with van der Waals surface area (Å²) in [6.45, 7) is 5.18. The van der Waals surface area contributed by atoms with Gasteiger partial charge in [-0.1, -0.05) is 5.16 Å². The smallest absolute Gasteiger partial charge is 0.228 e. The van der Waals surface area contributed by atoms with E-state index >= 15 is 0 Å². The number of carbonyl (C=O) groups excluding carboxylic acids is 3. The summed E-state index contributed by atoms with van der Waals surface area (Å²) >= 11 is 0. The van der Waals surface area contributed by atoms with Gasteiger partial charge in [-0.3, -0.25) is 14.4 Å². The van der Waals surface area contributed by atoms with Gasteiger partial charge in [0.1, 0.15) is 5.76 Å². The van der Waals surface area contributed by atoms with Gasteiger partial charge in [-0.25, -0.2) is 0 Å². The summed E-state index contributed by atoms with van der Waals surface area (Å²) in [6.07, 6.45) is 2.09. The number of fused-ring (bicyclic) bond motifs is 4. The number of nitrogens with zero attached hydrogens (tertiary/aromatic N) is 4. The van der Waals surface area contributed by atoms with Crippen LogP contribution in [0.4, 0.5) is 0 Å². The lowest BCUT2D eigenvalue weighted by atomic mass is 9.93. The number of hydrogen-bond acceptors (Lipinski definition) is 5. The van der Waals surface area contributed by atoms with Gasteiger partial charge in [-0.15, -0.1) is 0 Å². The second kappa shape index (κ2) is 7.70. The molecule has 2 atom stereocenters. The first-order valence-electron chi connectivity index (χ1n) is 9.48. The quantitative estimate of drug-likeness (QED) is 0.768. The minimum absolute atomic E-state index is 0.00143. The van der Waals surface area contributed by atoms with Crippen LogP contribution in [0.15, 0.2) is 4.52 Å². The summed E-state index contributed by atoms with van der Waals surface area (Å²) in [7, 11) is 3.37. The highest BCUT2D eigenvalue weighted by Gasteiger charge is 2.42. The molecule has 0 spiro atoms. The van der Waals surface area contributed by atoms with Gasteiger partial charge < -0.3 is 19.2 Å². The van der Waals surface area contributed by atoms with E-state index in [1.54, 1.807) is 19.0 Å². The standard InChI is InChI=1S/C19H28N4O4/c1-12-16(13(2)27-20-12)11-23-15-6-5-14(19(23)26)9-22(10-15)18(25)8-7-17(24)21(3)4/h14-15H,5-11H2,1-4H3/t14-,15+/m0/s1. The van der Waals surface area contributed by atoms with Crippen molar-refractivity contribution in [2.75, 3.05) is 27.2 Å². The van der Waals surface area contributed by atoms with Gasteiger partial charge in [0.05, 0.1) is 18.2 Å². The Bertz CT molecular complexity index is 723. The zero-order valence-corrected chi connectivity index (χ0v) is 16.5. The lowest BCUT2D eigenvalue weighted by Gasteiger charge is -2.35. The third-order valence-corrected chi connectivity index (χ3v) is 5.71. The van der Waals surface area contributed by atoms with Crippen molar-refractivity contribution in [3.8, 4) is 0 Å². The van der Waals surface area contributed by atoms with Gasteiger partial charge in [0.2, 0.25) is 17.7 Å². The Morgan fingerprint density at radius 3 is 2.56 bits per heavy atom. The molecule has 0 saturated carbocycles. The molecule has 0 N–H and O–H groups in total. The highest BCUT2D eigenvalue weighted by molar-refractivity contribution is 5.85. The number of carbonyl (C=O) groups is 3. The molecule has 3 fully saturated rings. The van der Waals surface area contributed by atoms with Crippen molar-refractivity contribution >= 4 is 17.7 Å². The number of hydrogen-bond donors (Lipinski definition) is 0. The van der Waals surface area contributed by atoms with E-state index in [4.69, 9.17) is 4.52 Å². The fraction of sp³-hybridized carbons (Fsp3) is 0.684. The van der Waals surface area contributed by atoms with Crippen LogP contribution in [0.3, 0.4) is 0 Å². The SMILES string of the molecule is Cc1noc(C)c1CN1C(=O)[C@H]2CC[C@@H]1CN(C(=O)CCC(=O)N(C)C)C2. The zero-order valence-electron chi connectivity index (χ0n) is 16.5. The lowest BCUT2D eigenvalue weighted by Crippen LogP contribution is -2.47. The topological polar surface area (TPSA) is 87.0 Å². The van der Waals surface area contributed by atoms with Crippen LogP contribution in [0.5, 0.6) is 0 Å². The molecule has 8 nitrogen and oxygen atoms in total. The first-order chi connectivity index (χ1) is 12.8. The van der Waals surface area contributed by atoms with Crippen molar-refractivity contribution in [3.63, 3.8) is 0 Å². The third kappa shape index (κ3) is 3.99. The molecule has 148 valence electrons. The Labute approximate surface area is 159 Å². The molecular weight excluding hydrogens is 348 g/mol. The van der Waals surface area contributed by atoms with Crippen LogP contribution in [0.1, 0.15) is 42.7 Å². The Balaban J connectivity index is 1.69. The molecule has 1 aromatic heterocycles. The number of aryl methyl sites for hydroxylation is 2. The molecule has 4 rings (SSSR count). The Morgan fingerprint density at radius 2 is 1.93 bits per heavy atom. The molecule has 3 aliphatic rings. The predicted molar refractivity (Wildman–Crippen MR) is 97.5 cm³/mol. The molecule has 0 radical (unpaired) electrons. The van der Waals surface area contributed by atoms with E-state index in [1.807, 2.05) is 18.7 Å². The Morgan fingerprint density at radius 1 is 1.19 bits per heavy atom. The summed E-state index contributed by atoms with van der Waals surface area (Å²) in [5.74, 6) is 0.561. The zero-order chi connectivity index (χ0) is 19.7. The van der Waals surface area contributed by atoms with Gasteiger partial charge in [0.25, 0.3) is 0 Å². The van der Waals surface area contributed by atoms with Crippen LogP contribution in [0.2, 0.25) is 0 Å². The van der Waals surface area contributed by atoms with Gasteiger partial charge in [0, 0.05) is 51.6 Å². The van der Waals surface area contributed by atoms with Crippen molar-refractivity contribution < 1.29 is 18.9 Å². The maximum absolute atomic E-state index is 13.0. The van der Waals surface area contributed by atoms with Crippen molar-refractivity contribution in [1.29, 1.82) is 0 Å². The molecule has 8 heteroatoms. The maximum atomic E-state index is 13.0. The van der Waals surface area contributed by atoms with Crippen LogP contribution in [0, 0.1) is 19.8 Å². The predicted octanol–water partition coefficient (Wildman–Crippen LogP) is 1.11. The van der Waals surface area contributed by atoms with Crippen LogP contribution in [0.25, 0.3) is 0 Å². The molecule has 0 aliphatic carbocycles. The highest BCUT2D eigenvalue weighted by atomic mass is 16.5. The molecule has 27 heavy (non-hydrogen) atoms. The van der Waals surface area contributed by atoms with Crippen molar-refractivity contribution in [3.05, 3.63) is 17.0 Å². The van der Waals surface area contributed by atoms with E-state index in [9.17, 15) is 14.4 Å². The van der Waals surface area contributed by atoms with Crippen molar-refractivity contribution in [1.82, 2.24) is 19.9 Å². The summed E-state index contributed by atoms with van der Waals surface area (Å²) in [5, 5.41) is 3.98. The van der Waals surface area contributed by atoms with E-state index < -0.39 is 0 Å². The maximum Gasteiger partial charge on any atom is 0.228 e. The largest absolute Gasteiger partial charge is 0.361 e.